The number of oxazole rings is 1. The molecule has 1 amide bonds. The second-order valence-corrected chi connectivity index (χ2v) is 6.84. The van der Waals surface area contributed by atoms with Gasteiger partial charge in [0.25, 0.3) is 5.91 Å². The molecule has 3 heterocycles. The van der Waals surface area contributed by atoms with E-state index in [0.29, 0.717) is 43.8 Å². The van der Waals surface area contributed by atoms with Crippen LogP contribution in [0.3, 0.4) is 0 Å². The Morgan fingerprint density at radius 1 is 1.27 bits per heavy atom. The van der Waals surface area contributed by atoms with Gasteiger partial charge in [-0.15, -0.1) is 0 Å². The molecule has 8 heteroatoms. The maximum atomic E-state index is 12.9. The fourth-order valence-electron chi connectivity index (χ4n) is 3.04. The van der Waals surface area contributed by atoms with Crippen LogP contribution >= 0.6 is 0 Å². The summed E-state index contributed by atoms with van der Waals surface area (Å²) >= 11 is 0. The molecule has 0 unspecified atom stereocenters. The van der Waals surface area contributed by atoms with Gasteiger partial charge in [-0.3, -0.25) is 9.69 Å². The van der Waals surface area contributed by atoms with Crippen molar-refractivity contribution < 1.29 is 13.6 Å². The first-order valence-electron chi connectivity index (χ1n) is 8.97. The van der Waals surface area contributed by atoms with Crippen molar-refractivity contribution in [3.63, 3.8) is 0 Å². The maximum Gasteiger partial charge on any atom is 0.275 e. The van der Waals surface area contributed by atoms with Gasteiger partial charge in [0.15, 0.2) is 5.69 Å². The van der Waals surface area contributed by atoms with Crippen molar-refractivity contribution in [2.24, 2.45) is 0 Å². The van der Waals surface area contributed by atoms with Gasteiger partial charge in [-0.25, -0.2) is 9.97 Å². The summed E-state index contributed by atoms with van der Waals surface area (Å²) in [5.74, 6) is 0.000644. The lowest BCUT2D eigenvalue weighted by Gasteiger charge is -2.34. The third-order valence-electron chi connectivity index (χ3n) is 4.74. The van der Waals surface area contributed by atoms with E-state index >= 15 is 0 Å². The van der Waals surface area contributed by atoms with Crippen molar-refractivity contribution in [3.8, 4) is 0 Å². The van der Waals surface area contributed by atoms with E-state index in [4.69, 9.17) is 4.42 Å². The van der Waals surface area contributed by atoms with Crippen molar-refractivity contribution in [3.05, 3.63) is 47.7 Å². The Morgan fingerprint density at radius 3 is 2.77 bits per heavy atom. The number of pyridine rings is 1. The van der Waals surface area contributed by atoms with E-state index in [-0.39, 0.29) is 5.91 Å². The van der Waals surface area contributed by atoms with Gasteiger partial charge in [-0.2, -0.15) is 4.39 Å². The molecular weight excluding hydrogens is 337 g/mol. The van der Waals surface area contributed by atoms with Crippen LogP contribution in [0, 0.1) is 5.95 Å². The minimum atomic E-state index is -0.469. The zero-order valence-corrected chi connectivity index (χ0v) is 14.5. The van der Waals surface area contributed by atoms with Crippen LogP contribution in [0.4, 0.5) is 4.39 Å². The second kappa shape index (κ2) is 7.51. The highest BCUT2D eigenvalue weighted by molar-refractivity contribution is 5.92. The van der Waals surface area contributed by atoms with E-state index in [0.717, 1.165) is 18.7 Å². The number of carbonyl (C=O) groups excluding carboxylic acids is 1. The van der Waals surface area contributed by atoms with E-state index in [2.05, 4.69) is 20.2 Å². The third-order valence-corrected chi connectivity index (χ3v) is 4.74. The maximum absolute atomic E-state index is 12.9. The molecule has 2 aromatic heterocycles. The molecule has 4 rings (SSSR count). The molecular formula is C18H22FN5O2. The monoisotopic (exact) mass is 359 g/mol. The van der Waals surface area contributed by atoms with Crippen molar-refractivity contribution in [1.29, 1.82) is 0 Å². The fourth-order valence-corrected chi connectivity index (χ4v) is 3.04. The van der Waals surface area contributed by atoms with Crippen LogP contribution in [0.5, 0.6) is 0 Å². The Kier molecular flexibility index (Phi) is 4.94. The molecule has 2 aromatic rings. The normalized spacial score (nSPS) is 18.3. The van der Waals surface area contributed by atoms with E-state index in [9.17, 15) is 9.18 Å². The molecule has 0 aromatic carbocycles. The molecule has 0 atom stereocenters. The molecule has 1 saturated carbocycles. The van der Waals surface area contributed by atoms with Gasteiger partial charge in [0.05, 0.1) is 6.54 Å². The Morgan fingerprint density at radius 2 is 2.08 bits per heavy atom. The number of halogens is 1. The number of amides is 1. The standard InChI is InChI=1S/C18H22FN5O2/c19-16-4-1-13(9-21-16)11-23-5-7-24(8-6-23)18(25)15-12-26-17(22-15)10-20-14-2-3-14/h1,4,9,12,14,20H,2-3,5-8,10-11H2. The first-order valence-corrected chi connectivity index (χ1v) is 8.97. The number of piperazine rings is 1. The number of carbonyl (C=O) groups is 1. The molecule has 0 radical (unpaired) electrons. The Bertz CT molecular complexity index is 751. The summed E-state index contributed by atoms with van der Waals surface area (Å²) in [5.41, 5.74) is 1.34. The van der Waals surface area contributed by atoms with E-state index < -0.39 is 5.95 Å². The van der Waals surface area contributed by atoms with Crippen LogP contribution in [-0.2, 0) is 13.1 Å². The van der Waals surface area contributed by atoms with Crippen LogP contribution in [-0.4, -0.2) is 57.9 Å². The smallest absolute Gasteiger partial charge is 0.275 e. The third kappa shape index (κ3) is 4.25. The molecule has 7 nitrogen and oxygen atoms in total. The van der Waals surface area contributed by atoms with Crippen LogP contribution in [0.1, 0.15) is 34.8 Å². The Balaban J connectivity index is 1.27. The predicted octanol–water partition coefficient (Wildman–Crippen LogP) is 1.42. The van der Waals surface area contributed by atoms with Gasteiger partial charge >= 0.3 is 0 Å². The van der Waals surface area contributed by atoms with Gasteiger partial charge in [-0.05, 0) is 24.5 Å². The fraction of sp³-hybridized carbons (Fsp3) is 0.500. The zero-order valence-electron chi connectivity index (χ0n) is 14.5. The summed E-state index contributed by atoms with van der Waals surface area (Å²) in [6, 6.07) is 3.69. The van der Waals surface area contributed by atoms with Gasteiger partial charge < -0.3 is 14.6 Å². The number of rotatable bonds is 6. The highest BCUT2D eigenvalue weighted by Gasteiger charge is 2.25. The highest BCUT2D eigenvalue weighted by atomic mass is 19.1. The quantitative estimate of drug-likeness (QED) is 0.787. The molecule has 1 aliphatic carbocycles. The highest BCUT2D eigenvalue weighted by Crippen LogP contribution is 2.19. The first kappa shape index (κ1) is 17.1. The van der Waals surface area contributed by atoms with E-state index in [1.165, 1.54) is 25.2 Å². The molecule has 1 saturated heterocycles. The number of nitrogens with zero attached hydrogens (tertiary/aromatic N) is 4. The summed E-state index contributed by atoms with van der Waals surface area (Å²) in [7, 11) is 0. The number of hydrogen-bond donors (Lipinski definition) is 1. The second-order valence-electron chi connectivity index (χ2n) is 6.84. The number of aromatic nitrogens is 2. The van der Waals surface area contributed by atoms with E-state index in [1.54, 1.807) is 17.2 Å². The van der Waals surface area contributed by atoms with Gasteiger partial charge in [0.1, 0.15) is 6.26 Å². The largest absolute Gasteiger partial charge is 0.447 e. The van der Waals surface area contributed by atoms with Crippen molar-refractivity contribution >= 4 is 5.91 Å². The average molecular weight is 359 g/mol. The van der Waals surface area contributed by atoms with Crippen molar-refractivity contribution in [2.45, 2.75) is 32.0 Å². The molecule has 0 bridgehead atoms. The van der Waals surface area contributed by atoms with Crippen LogP contribution < -0.4 is 5.32 Å². The average Bonchev–Trinajstić information content (AvgIpc) is 3.38. The SMILES string of the molecule is O=C(c1coc(CNC2CC2)n1)N1CCN(Cc2ccc(F)nc2)CC1. The number of hydrogen-bond acceptors (Lipinski definition) is 6. The summed E-state index contributed by atoms with van der Waals surface area (Å²) in [5, 5.41) is 3.32. The van der Waals surface area contributed by atoms with Crippen LogP contribution in [0.15, 0.2) is 29.0 Å². The first-order chi connectivity index (χ1) is 12.7. The van der Waals surface area contributed by atoms with Gasteiger partial charge in [0, 0.05) is 45.0 Å². The molecule has 2 fully saturated rings. The van der Waals surface area contributed by atoms with Crippen LogP contribution in [0.25, 0.3) is 0 Å². The minimum Gasteiger partial charge on any atom is -0.447 e. The van der Waals surface area contributed by atoms with Gasteiger partial charge in [-0.1, -0.05) is 6.07 Å². The Hall–Kier alpha value is -2.32. The number of nitrogens with one attached hydrogen (secondary N) is 1. The predicted molar refractivity (Wildman–Crippen MR) is 91.7 cm³/mol. The molecule has 26 heavy (non-hydrogen) atoms. The lowest BCUT2D eigenvalue weighted by atomic mass is 10.2. The molecule has 1 N–H and O–H groups in total. The summed E-state index contributed by atoms with van der Waals surface area (Å²) in [4.78, 5) is 24.6. The summed E-state index contributed by atoms with van der Waals surface area (Å²) in [6.45, 7) is 4.06. The summed E-state index contributed by atoms with van der Waals surface area (Å²) in [6.07, 6.45) is 5.40. The van der Waals surface area contributed by atoms with E-state index in [1.807, 2.05) is 0 Å². The molecule has 138 valence electrons. The molecule has 0 spiro atoms. The van der Waals surface area contributed by atoms with Gasteiger partial charge in [0.2, 0.25) is 11.8 Å². The lowest BCUT2D eigenvalue weighted by Crippen LogP contribution is -2.48. The molecule has 2 aliphatic rings. The minimum absolute atomic E-state index is 0.0884. The Labute approximate surface area is 151 Å². The topological polar surface area (TPSA) is 74.5 Å². The summed E-state index contributed by atoms with van der Waals surface area (Å²) < 4.78 is 18.3. The molecule has 1 aliphatic heterocycles. The zero-order chi connectivity index (χ0) is 17.9. The van der Waals surface area contributed by atoms with Crippen molar-refractivity contribution in [2.75, 3.05) is 26.2 Å². The van der Waals surface area contributed by atoms with Crippen LogP contribution in [0.2, 0.25) is 0 Å². The lowest BCUT2D eigenvalue weighted by molar-refractivity contribution is 0.0622. The van der Waals surface area contributed by atoms with Crippen molar-refractivity contribution in [1.82, 2.24) is 25.1 Å².